The Morgan fingerprint density at radius 2 is 1.50 bits per heavy atom. The molecule has 0 radical (unpaired) electrons. The van der Waals surface area contributed by atoms with Gasteiger partial charge < -0.3 is 5.32 Å². The Bertz CT molecular complexity index is 750. The number of carbonyl (C=O) groups excluding carboxylic acids is 2. The van der Waals surface area contributed by atoms with Crippen molar-refractivity contribution in [3.63, 3.8) is 0 Å². The summed E-state index contributed by atoms with van der Waals surface area (Å²) in [6.07, 6.45) is 1.21. The molecule has 3 rings (SSSR count). The van der Waals surface area contributed by atoms with Gasteiger partial charge in [-0.2, -0.15) is 0 Å². The number of rotatable bonds is 2. The van der Waals surface area contributed by atoms with E-state index in [9.17, 15) is 14.0 Å². The zero-order valence-electron chi connectivity index (χ0n) is 10.4. The SMILES string of the molecule is O=C1C=C(Nc2ccccc2F)C(=O)c2ccccc21. The molecule has 0 aromatic heterocycles. The molecule has 1 aliphatic rings. The van der Waals surface area contributed by atoms with E-state index in [1.54, 1.807) is 36.4 Å². The van der Waals surface area contributed by atoms with Gasteiger partial charge in [0, 0.05) is 17.2 Å². The van der Waals surface area contributed by atoms with Crippen molar-refractivity contribution in [1.82, 2.24) is 0 Å². The highest BCUT2D eigenvalue weighted by molar-refractivity contribution is 6.25. The van der Waals surface area contributed by atoms with Gasteiger partial charge in [0.15, 0.2) is 5.78 Å². The highest BCUT2D eigenvalue weighted by Gasteiger charge is 2.25. The monoisotopic (exact) mass is 267 g/mol. The first-order valence-electron chi connectivity index (χ1n) is 6.08. The zero-order chi connectivity index (χ0) is 14.1. The number of para-hydroxylation sites is 1. The van der Waals surface area contributed by atoms with Crippen LogP contribution in [0.15, 0.2) is 60.3 Å². The lowest BCUT2D eigenvalue weighted by atomic mass is 9.92. The molecule has 0 fully saturated rings. The van der Waals surface area contributed by atoms with Crippen molar-refractivity contribution in [2.24, 2.45) is 0 Å². The Morgan fingerprint density at radius 3 is 2.25 bits per heavy atom. The van der Waals surface area contributed by atoms with Gasteiger partial charge >= 0.3 is 0 Å². The number of hydrogen-bond donors (Lipinski definition) is 1. The molecule has 4 heteroatoms. The second-order valence-electron chi connectivity index (χ2n) is 4.40. The maximum Gasteiger partial charge on any atom is 0.210 e. The van der Waals surface area contributed by atoms with Gasteiger partial charge in [-0.25, -0.2) is 4.39 Å². The first-order chi connectivity index (χ1) is 9.66. The van der Waals surface area contributed by atoms with Gasteiger partial charge in [0.25, 0.3) is 0 Å². The molecule has 98 valence electrons. The van der Waals surface area contributed by atoms with Crippen molar-refractivity contribution in [1.29, 1.82) is 0 Å². The molecule has 0 saturated carbocycles. The summed E-state index contributed by atoms with van der Waals surface area (Å²) in [5.74, 6) is -1.06. The minimum atomic E-state index is -0.479. The third-order valence-corrected chi connectivity index (χ3v) is 3.10. The van der Waals surface area contributed by atoms with E-state index in [1.165, 1.54) is 18.2 Å². The molecule has 0 heterocycles. The van der Waals surface area contributed by atoms with Crippen LogP contribution >= 0.6 is 0 Å². The average molecular weight is 267 g/mol. The van der Waals surface area contributed by atoms with E-state index in [0.717, 1.165) is 0 Å². The third kappa shape index (κ3) is 2.01. The molecule has 0 unspecified atom stereocenters. The number of carbonyl (C=O) groups is 2. The van der Waals surface area contributed by atoms with Gasteiger partial charge in [-0.1, -0.05) is 36.4 Å². The predicted molar refractivity (Wildman–Crippen MR) is 73.2 cm³/mol. The molecule has 0 aliphatic heterocycles. The quantitative estimate of drug-likeness (QED) is 0.908. The van der Waals surface area contributed by atoms with Gasteiger partial charge in [-0.15, -0.1) is 0 Å². The Labute approximate surface area is 114 Å². The maximum atomic E-state index is 13.6. The summed E-state index contributed by atoms with van der Waals surface area (Å²) in [7, 11) is 0. The fraction of sp³-hybridized carbons (Fsp3) is 0. The van der Waals surface area contributed by atoms with Crippen LogP contribution in [0, 0.1) is 5.82 Å². The van der Waals surface area contributed by atoms with E-state index in [4.69, 9.17) is 0 Å². The predicted octanol–water partition coefficient (Wildman–Crippen LogP) is 3.20. The Hall–Kier alpha value is -2.75. The largest absolute Gasteiger partial charge is 0.350 e. The summed E-state index contributed by atoms with van der Waals surface area (Å²) in [5, 5.41) is 2.69. The second kappa shape index (κ2) is 4.74. The summed E-state index contributed by atoms with van der Waals surface area (Å²) in [4.78, 5) is 24.2. The van der Waals surface area contributed by atoms with Gasteiger partial charge in [0.1, 0.15) is 5.82 Å². The summed E-state index contributed by atoms with van der Waals surface area (Å²) >= 11 is 0. The molecule has 1 aliphatic carbocycles. The Kier molecular flexibility index (Phi) is 2.91. The van der Waals surface area contributed by atoms with Gasteiger partial charge in [0.2, 0.25) is 5.78 Å². The summed E-state index contributed by atoms with van der Waals surface area (Å²) in [5.41, 5.74) is 0.952. The molecule has 0 bridgehead atoms. The molecule has 2 aromatic carbocycles. The number of hydrogen-bond acceptors (Lipinski definition) is 3. The highest BCUT2D eigenvalue weighted by atomic mass is 19.1. The van der Waals surface area contributed by atoms with Crippen LogP contribution in [0.4, 0.5) is 10.1 Å². The molecular weight excluding hydrogens is 257 g/mol. The minimum Gasteiger partial charge on any atom is -0.350 e. The molecule has 3 nitrogen and oxygen atoms in total. The molecule has 2 aromatic rings. The van der Waals surface area contributed by atoms with E-state index in [1.807, 2.05) is 0 Å². The number of nitrogens with one attached hydrogen (secondary N) is 1. The molecule has 0 saturated heterocycles. The lowest BCUT2D eigenvalue weighted by Crippen LogP contribution is -2.21. The normalized spacial score (nSPS) is 13.8. The first-order valence-corrected chi connectivity index (χ1v) is 6.08. The van der Waals surface area contributed by atoms with E-state index in [-0.39, 0.29) is 23.0 Å². The highest BCUT2D eigenvalue weighted by Crippen LogP contribution is 2.23. The van der Waals surface area contributed by atoms with Crippen LogP contribution in [-0.2, 0) is 0 Å². The number of benzene rings is 2. The van der Waals surface area contributed by atoms with Crippen LogP contribution in [0.2, 0.25) is 0 Å². The fourth-order valence-corrected chi connectivity index (χ4v) is 2.12. The maximum absolute atomic E-state index is 13.6. The van der Waals surface area contributed by atoms with Crippen LogP contribution in [0.3, 0.4) is 0 Å². The lowest BCUT2D eigenvalue weighted by Gasteiger charge is -2.16. The number of ketones is 2. The van der Waals surface area contributed by atoms with Crippen molar-refractivity contribution in [2.45, 2.75) is 0 Å². The second-order valence-corrected chi connectivity index (χ2v) is 4.40. The van der Waals surface area contributed by atoms with Crippen LogP contribution in [0.25, 0.3) is 0 Å². The van der Waals surface area contributed by atoms with Crippen molar-refractivity contribution in [3.05, 3.63) is 77.2 Å². The molecular formula is C16H10FNO2. The smallest absolute Gasteiger partial charge is 0.210 e. The lowest BCUT2D eigenvalue weighted by molar-refractivity contribution is 0.0985. The number of anilines is 1. The number of allylic oxidation sites excluding steroid dienone is 2. The molecule has 0 amide bonds. The van der Waals surface area contributed by atoms with E-state index in [2.05, 4.69) is 5.32 Å². The van der Waals surface area contributed by atoms with Crippen molar-refractivity contribution in [3.8, 4) is 0 Å². The van der Waals surface area contributed by atoms with Crippen LogP contribution in [-0.4, -0.2) is 11.6 Å². The van der Waals surface area contributed by atoms with Crippen LogP contribution < -0.4 is 5.32 Å². The zero-order valence-corrected chi connectivity index (χ0v) is 10.4. The summed E-state index contributed by atoms with van der Waals surface area (Å²) in [6.45, 7) is 0. The number of Topliss-reactive ketones (excluding diaryl/α,β-unsaturated/α-hetero) is 1. The summed E-state index contributed by atoms with van der Waals surface area (Å²) in [6, 6.07) is 12.6. The van der Waals surface area contributed by atoms with Crippen molar-refractivity contribution >= 4 is 17.3 Å². The van der Waals surface area contributed by atoms with Gasteiger partial charge in [-0.05, 0) is 12.1 Å². The van der Waals surface area contributed by atoms with Crippen LogP contribution in [0.5, 0.6) is 0 Å². The van der Waals surface area contributed by atoms with E-state index in [0.29, 0.717) is 11.1 Å². The standard InChI is InChI=1S/C16H10FNO2/c17-12-7-3-4-8-13(12)18-14-9-15(19)10-5-1-2-6-11(10)16(14)20/h1-9,18H. The fourth-order valence-electron chi connectivity index (χ4n) is 2.12. The first kappa shape index (κ1) is 12.3. The van der Waals surface area contributed by atoms with Gasteiger partial charge in [0.05, 0.1) is 11.4 Å². The Morgan fingerprint density at radius 1 is 0.850 bits per heavy atom. The molecule has 1 N–H and O–H groups in total. The minimum absolute atomic E-state index is 0.0822. The number of fused-ring (bicyclic) bond motifs is 1. The summed E-state index contributed by atoms with van der Waals surface area (Å²) < 4.78 is 13.6. The topological polar surface area (TPSA) is 46.2 Å². The molecule has 20 heavy (non-hydrogen) atoms. The molecule has 0 spiro atoms. The number of halogens is 1. The average Bonchev–Trinajstić information content (AvgIpc) is 2.47. The van der Waals surface area contributed by atoms with Crippen LogP contribution in [0.1, 0.15) is 20.7 Å². The van der Waals surface area contributed by atoms with E-state index < -0.39 is 5.82 Å². The Balaban J connectivity index is 1.99. The third-order valence-electron chi connectivity index (χ3n) is 3.10. The van der Waals surface area contributed by atoms with Crippen molar-refractivity contribution in [2.75, 3.05) is 5.32 Å². The van der Waals surface area contributed by atoms with Crippen molar-refractivity contribution < 1.29 is 14.0 Å². The van der Waals surface area contributed by atoms with Gasteiger partial charge in [-0.3, -0.25) is 9.59 Å². The molecule has 0 atom stereocenters. The van der Waals surface area contributed by atoms with E-state index >= 15 is 0 Å².